The van der Waals surface area contributed by atoms with Crippen LogP contribution in [0.1, 0.15) is 41.0 Å². The first-order valence-electron chi connectivity index (χ1n) is 16.0. The van der Waals surface area contributed by atoms with Crippen LogP contribution in [0.2, 0.25) is 0 Å². The van der Waals surface area contributed by atoms with E-state index in [2.05, 4.69) is 35.5 Å². The zero-order chi connectivity index (χ0) is 42.6. The summed E-state index contributed by atoms with van der Waals surface area (Å²) in [7, 11) is 6.98. The molecule has 0 rings (SSSR count). The van der Waals surface area contributed by atoms with Gasteiger partial charge in [0.15, 0.2) is 31.7 Å². The van der Waals surface area contributed by atoms with Crippen molar-refractivity contribution in [1.82, 2.24) is 21.3 Å². The van der Waals surface area contributed by atoms with Gasteiger partial charge < -0.3 is 96.4 Å². The molecule has 56 heavy (non-hydrogen) atoms. The van der Waals surface area contributed by atoms with Crippen LogP contribution in [0.15, 0.2) is 0 Å². The van der Waals surface area contributed by atoms with E-state index in [-0.39, 0.29) is 92.0 Å². The average molecular weight is 965 g/mol. The second kappa shape index (κ2) is 43.9. The maximum atomic E-state index is 11.5. The Hall–Kier alpha value is -2.22. The molecule has 0 aliphatic heterocycles. The van der Waals surface area contributed by atoms with Crippen molar-refractivity contribution >= 4 is 41.8 Å². The van der Waals surface area contributed by atoms with Crippen molar-refractivity contribution in [1.29, 1.82) is 0 Å². The van der Waals surface area contributed by atoms with Crippen molar-refractivity contribution in [3.05, 3.63) is 22.9 Å². The van der Waals surface area contributed by atoms with E-state index in [1.807, 2.05) is 0 Å². The van der Waals surface area contributed by atoms with Gasteiger partial charge in [-0.15, -0.1) is 0 Å². The Kier molecular flexibility index (Phi) is 51.4. The molecule has 0 bridgehead atoms. The summed E-state index contributed by atoms with van der Waals surface area (Å²) < 4.78 is 45.5. The molecule has 0 spiro atoms. The number of carbonyl (C=O) groups is 7. The van der Waals surface area contributed by atoms with Crippen molar-refractivity contribution in [2.24, 2.45) is 0 Å². The number of hydrogen-bond donors (Lipinski definition) is 4. The number of esters is 3. The standard InChI is InChI=1S/C15H29N3O9.C11H23N3O5.2C2H5NO.2Y/c1-9(24-6-11(17-3)13(19)22-4)26-8-27-10(2)25-7-12(14(20)23-5)18-15(16)21;1-8(18-6-4-5-14-11(12)16)19-7-9(13-2)10(15)17-3;2*1-2(3)4;;/h9-12,17H,6-8H2,1-5H3,(H3,16,18,21);8-9,13H,4-7H2,1-3H3,(H3,12,14,16);2*1H3,(H2,3,4);;/p-4. The Morgan fingerprint density at radius 2 is 0.857 bits per heavy atom. The van der Waals surface area contributed by atoms with Gasteiger partial charge in [0.05, 0.1) is 47.2 Å². The number of methoxy groups -OCH3 is 3. The molecule has 0 aliphatic rings. The number of carbonyl (C=O) groups excluding carboxylic acids is 7. The molecule has 0 aromatic rings. The molecule has 0 fully saturated rings. The van der Waals surface area contributed by atoms with Gasteiger partial charge in [0.1, 0.15) is 18.1 Å². The zero-order valence-corrected chi connectivity index (χ0v) is 39.3. The Morgan fingerprint density at radius 1 is 0.536 bits per heavy atom. The predicted molar refractivity (Wildman–Crippen MR) is 190 cm³/mol. The maximum absolute atomic E-state index is 11.5. The number of amides is 6. The van der Waals surface area contributed by atoms with Crippen molar-refractivity contribution in [2.75, 3.05) is 75.2 Å². The summed E-state index contributed by atoms with van der Waals surface area (Å²) in [6.45, 7) is 7.83. The van der Waals surface area contributed by atoms with Gasteiger partial charge >= 0.3 is 17.9 Å². The molecule has 0 saturated heterocycles. The maximum Gasteiger partial charge on any atom is 0.325 e. The quantitative estimate of drug-likeness (QED) is 0.0457. The minimum Gasteiger partial charge on any atom is -0.668 e. The smallest absolute Gasteiger partial charge is 0.325 e. The van der Waals surface area contributed by atoms with Crippen LogP contribution in [0.5, 0.6) is 0 Å². The van der Waals surface area contributed by atoms with Crippen LogP contribution in [0, 0.1) is 0 Å². The van der Waals surface area contributed by atoms with E-state index in [0.29, 0.717) is 19.6 Å². The SMILES string of the molecule is CC([NH-])=O.CC([NH-])=O.CNC(COC(C)OCCCNC([NH-])=O)C(=O)OC.CNC(COC(C)OCOC(C)OCC(NC([NH-])=O)C(=O)OC)C(=O)OC.[Y].[Y]. The summed E-state index contributed by atoms with van der Waals surface area (Å²) in [6, 6.07) is -4.21. The second-order valence-corrected chi connectivity index (χ2v) is 10.0. The van der Waals surface area contributed by atoms with Crippen LogP contribution in [0.3, 0.4) is 0 Å². The number of ether oxygens (including phenoxy) is 9. The Morgan fingerprint density at radius 3 is 1.16 bits per heavy atom. The van der Waals surface area contributed by atoms with Crippen LogP contribution < -0.4 is 21.3 Å². The van der Waals surface area contributed by atoms with E-state index in [4.69, 9.17) is 60.9 Å². The molecule has 0 aliphatic carbocycles. The molecule has 24 nitrogen and oxygen atoms in total. The number of nitrogens with one attached hydrogen (secondary N) is 8. The molecule has 6 unspecified atom stereocenters. The predicted octanol–water partition coefficient (Wildman–Crippen LogP) is 1.21. The molecular formula is C30H58N8O16Y2-4. The summed E-state index contributed by atoms with van der Waals surface area (Å²) in [4.78, 5) is 73.4. The fraction of sp³-hybridized carbons (Fsp3) is 0.767. The van der Waals surface area contributed by atoms with Crippen LogP contribution in [0.25, 0.3) is 22.9 Å². The monoisotopic (exact) mass is 964 g/mol. The van der Waals surface area contributed by atoms with Crippen molar-refractivity contribution in [3.63, 3.8) is 0 Å². The van der Waals surface area contributed by atoms with Crippen LogP contribution >= 0.6 is 0 Å². The van der Waals surface area contributed by atoms with Gasteiger partial charge in [-0.3, -0.25) is 24.0 Å². The van der Waals surface area contributed by atoms with Gasteiger partial charge in [0.2, 0.25) is 0 Å². The van der Waals surface area contributed by atoms with Gasteiger partial charge in [0.25, 0.3) is 0 Å². The van der Waals surface area contributed by atoms with Crippen LogP contribution in [-0.2, 0) is 132 Å². The molecule has 0 saturated carbocycles. The molecule has 0 heterocycles. The molecule has 8 N–H and O–H groups in total. The van der Waals surface area contributed by atoms with Crippen molar-refractivity contribution < 1.29 is 142 Å². The molecule has 0 aromatic carbocycles. The number of urea groups is 2. The molecule has 324 valence electrons. The summed E-state index contributed by atoms with van der Waals surface area (Å²) >= 11 is 0. The van der Waals surface area contributed by atoms with Gasteiger partial charge in [-0.1, -0.05) is 0 Å². The Labute approximate surface area is 378 Å². The normalized spacial score (nSPS) is 12.9. The van der Waals surface area contributed by atoms with Crippen molar-refractivity contribution in [3.8, 4) is 0 Å². The first-order valence-corrected chi connectivity index (χ1v) is 16.0. The van der Waals surface area contributed by atoms with E-state index in [9.17, 15) is 24.0 Å². The molecule has 26 heteroatoms. The summed E-state index contributed by atoms with van der Waals surface area (Å²) in [5.74, 6) is -2.76. The zero-order valence-electron chi connectivity index (χ0n) is 33.6. The van der Waals surface area contributed by atoms with Crippen LogP contribution in [0.4, 0.5) is 9.59 Å². The minimum atomic E-state index is -1.14. The average Bonchev–Trinajstić information content (AvgIpc) is 3.09. The van der Waals surface area contributed by atoms with Gasteiger partial charge in [-0.25, -0.2) is 0 Å². The summed E-state index contributed by atoms with van der Waals surface area (Å²) in [5, 5.41) is 9.94. The Balaban J connectivity index is -0.000000187. The molecule has 0 aromatic heterocycles. The third-order valence-electron chi connectivity index (χ3n) is 5.52. The van der Waals surface area contributed by atoms with E-state index < -0.39 is 78.8 Å². The van der Waals surface area contributed by atoms with E-state index in [1.165, 1.54) is 28.1 Å². The fourth-order valence-corrected chi connectivity index (χ4v) is 2.89. The first kappa shape index (κ1) is 65.6. The van der Waals surface area contributed by atoms with Gasteiger partial charge in [-0.05, 0) is 61.7 Å². The van der Waals surface area contributed by atoms with Crippen molar-refractivity contribution in [2.45, 2.75) is 78.0 Å². The molecular weight excluding hydrogens is 906 g/mol. The minimum absolute atomic E-state index is 0. The van der Waals surface area contributed by atoms with Crippen LogP contribution in [-0.4, -0.2) is 154 Å². The topological polar surface area (TPSA) is 346 Å². The largest absolute Gasteiger partial charge is 0.668 e. The van der Waals surface area contributed by atoms with E-state index >= 15 is 0 Å². The third kappa shape index (κ3) is 47.9. The summed E-state index contributed by atoms with van der Waals surface area (Å²) in [5.41, 5.74) is 25.3. The third-order valence-corrected chi connectivity index (χ3v) is 5.52. The van der Waals surface area contributed by atoms with E-state index in [1.54, 1.807) is 34.9 Å². The van der Waals surface area contributed by atoms with Gasteiger partial charge in [-0.2, -0.15) is 0 Å². The summed E-state index contributed by atoms with van der Waals surface area (Å²) in [6.07, 6.45) is -1.31. The number of hydrogen-bond acceptors (Lipinski definition) is 18. The number of rotatable bonds is 24. The first-order chi connectivity index (χ1) is 25.2. The van der Waals surface area contributed by atoms with Gasteiger partial charge in [0, 0.05) is 83.8 Å². The Bertz CT molecular complexity index is 1050. The molecule has 2 radical (unpaired) electrons. The van der Waals surface area contributed by atoms with E-state index in [0.717, 1.165) is 7.11 Å². The second-order valence-electron chi connectivity index (χ2n) is 10.0. The molecule has 6 atom stereocenters. The molecule has 6 amide bonds. The fourth-order valence-electron chi connectivity index (χ4n) is 2.89. The number of likely N-dealkylation sites (N-methyl/N-ethyl adjacent to an activating group) is 2.